The number of hydrogen-bond donors (Lipinski definition) is 2. The molecule has 1 aliphatic heterocycles. The number of nitrogen functional groups attached to an aromatic ring is 1. The lowest BCUT2D eigenvalue weighted by Gasteiger charge is -2.25. The summed E-state index contributed by atoms with van der Waals surface area (Å²) in [5.41, 5.74) is 7.44. The zero-order valence-electron chi connectivity index (χ0n) is 11.8. The molecule has 3 N–H and O–H groups in total. The maximum atomic E-state index is 10.3. The Morgan fingerprint density at radius 1 is 1.37 bits per heavy atom. The average molecular weight is 280 g/mol. The van der Waals surface area contributed by atoms with Crippen molar-refractivity contribution in [2.45, 2.75) is 31.1 Å². The van der Waals surface area contributed by atoms with E-state index < -0.39 is 6.10 Å². The summed E-state index contributed by atoms with van der Waals surface area (Å²) in [5, 5.41) is 10.3. The topological polar surface area (TPSA) is 49.5 Å². The normalized spacial score (nSPS) is 21.8. The largest absolute Gasteiger partial charge is 0.398 e. The minimum atomic E-state index is -0.493. The first kappa shape index (κ1) is 14.7. The Morgan fingerprint density at radius 3 is 2.84 bits per heavy atom. The van der Waals surface area contributed by atoms with Crippen molar-refractivity contribution < 1.29 is 5.11 Å². The van der Waals surface area contributed by atoms with Crippen molar-refractivity contribution in [2.75, 3.05) is 31.1 Å². The van der Waals surface area contributed by atoms with Crippen LogP contribution in [0, 0.1) is 0 Å². The van der Waals surface area contributed by atoms with E-state index >= 15 is 0 Å². The molecule has 0 saturated carbocycles. The Bertz CT molecular complexity index is 422. The van der Waals surface area contributed by atoms with Gasteiger partial charge in [0.25, 0.3) is 0 Å². The number of anilines is 1. The van der Waals surface area contributed by atoms with Crippen LogP contribution < -0.4 is 5.73 Å². The van der Waals surface area contributed by atoms with Crippen molar-refractivity contribution in [3.8, 4) is 0 Å². The highest BCUT2D eigenvalue weighted by Gasteiger charge is 2.25. The molecule has 1 heterocycles. The van der Waals surface area contributed by atoms with Gasteiger partial charge in [-0.25, -0.2) is 0 Å². The van der Waals surface area contributed by atoms with Crippen molar-refractivity contribution in [1.29, 1.82) is 0 Å². The van der Waals surface area contributed by atoms with Gasteiger partial charge in [0.2, 0.25) is 0 Å². The molecule has 2 rings (SSSR count). The fraction of sp³-hybridized carbons (Fsp3) is 0.600. The lowest BCUT2D eigenvalue weighted by atomic mass is 10.1. The summed E-state index contributed by atoms with van der Waals surface area (Å²) in [6.45, 7) is 7.35. The molecule has 0 amide bonds. The molecule has 0 aromatic heterocycles. The Labute approximate surface area is 120 Å². The third-order valence-electron chi connectivity index (χ3n) is 3.72. The van der Waals surface area contributed by atoms with Crippen LogP contribution in [-0.2, 0) is 0 Å². The molecule has 3 nitrogen and oxygen atoms in total. The van der Waals surface area contributed by atoms with Crippen LogP contribution in [0.4, 0.5) is 5.69 Å². The molecule has 1 saturated heterocycles. The molecule has 1 unspecified atom stereocenters. The Morgan fingerprint density at radius 2 is 2.11 bits per heavy atom. The number of hydrogen-bond acceptors (Lipinski definition) is 4. The quantitative estimate of drug-likeness (QED) is 0.835. The summed E-state index contributed by atoms with van der Waals surface area (Å²) in [5.74, 6) is 1.13. The number of nitrogens with zero attached hydrogens (tertiary/aromatic N) is 1. The van der Waals surface area contributed by atoms with E-state index in [1.807, 2.05) is 36.0 Å². The first-order valence-corrected chi connectivity index (χ1v) is 7.85. The van der Waals surface area contributed by atoms with E-state index in [0.29, 0.717) is 17.0 Å². The highest BCUT2D eigenvalue weighted by atomic mass is 32.2. The first-order valence-electron chi connectivity index (χ1n) is 6.87. The van der Waals surface area contributed by atoms with Gasteiger partial charge in [-0.1, -0.05) is 32.0 Å². The van der Waals surface area contributed by atoms with Gasteiger partial charge in [-0.05, 0) is 19.0 Å². The number of aliphatic hydroxyl groups excluding tert-OH is 1. The maximum absolute atomic E-state index is 10.3. The second-order valence-electron chi connectivity index (χ2n) is 5.80. The molecule has 1 fully saturated rings. The number of para-hydroxylation sites is 1. The number of thioether (sulfide) groups is 1. The third-order valence-corrected chi connectivity index (χ3v) is 5.09. The number of nitrogens with two attached hydrogens (primary N) is 1. The summed E-state index contributed by atoms with van der Waals surface area (Å²) in [7, 11) is 0. The standard InChI is InChI=1S/C15H24N2OS/c1-15(2)7-8-17(9-10-19-15)11-14(18)12-5-3-4-6-13(12)16/h3-6,14,18H,7-11,16H2,1-2H3. The van der Waals surface area contributed by atoms with E-state index in [2.05, 4.69) is 18.7 Å². The second-order valence-corrected chi connectivity index (χ2v) is 7.61. The van der Waals surface area contributed by atoms with Crippen molar-refractivity contribution in [3.63, 3.8) is 0 Å². The van der Waals surface area contributed by atoms with E-state index in [1.54, 1.807) is 0 Å². The Kier molecular flexibility index (Phi) is 4.76. The van der Waals surface area contributed by atoms with Crippen LogP contribution in [-0.4, -0.2) is 40.1 Å². The molecule has 0 radical (unpaired) electrons. The monoisotopic (exact) mass is 280 g/mol. The molecular formula is C15H24N2OS. The summed E-state index contributed by atoms with van der Waals surface area (Å²) in [6, 6.07) is 7.59. The zero-order valence-corrected chi connectivity index (χ0v) is 12.6. The molecule has 1 aromatic rings. The van der Waals surface area contributed by atoms with Gasteiger partial charge >= 0.3 is 0 Å². The minimum Gasteiger partial charge on any atom is -0.398 e. The van der Waals surface area contributed by atoms with Gasteiger partial charge < -0.3 is 10.8 Å². The molecule has 0 spiro atoms. The van der Waals surface area contributed by atoms with Gasteiger partial charge in [-0.15, -0.1) is 0 Å². The predicted molar refractivity (Wildman–Crippen MR) is 83.4 cm³/mol. The third kappa shape index (κ3) is 4.13. The van der Waals surface area contributed by atoms with Crippen LogP contribution in [0.15, 0.2) is 24.3 Å². The van der Waals surface area contributed by atoms with Crippen LogP contribution in [0.5, 0.6) is 0 Å². The smallest absolute Gasteiger partial charge is 0.0936 e. The van der Waals surface area contributed by atoms with E-state index in [9.17, 15) is 5.11 Å². The average Bonchev–Trinajstić information content (AvgIpc) is 2.51. The van der Waals surface area contributed by atoms with E-state index in [1.165, 1.54) is 0 Å². The summed E-state index contributed by atoms with van der Waals surface area (Å²) >= 11 is 2.02. The molecule has 0 aliphatic carbocycles. The van der Waals surface area contributed by atoms with Gasteiger partial charge in [0.1, 0.15) is 0 Å². The van der Waals surface area contributed by atoms with Gasteiger partial charge in [0.05, 0.1) is 6.10 Å². The summed E-state index contributed by atoms with van der Waals surface area (Å²) in [4.78, 5) is 2.35. The maximum Gasteiger partial charge on any atom is 0.0936 e. The molecule has 106 valence electrons. The summed E-state index contributed by atoms with van der Waals surface area (Å²) < 4.78 is 0.353. The van der Waals surface area contributed by atoms with Crippen LogP contribution in [0.1, 0.15) is 31.9 Å². The highest BCUT2D eigenvalue weighted by molar-refractivity contribution is 8.00. The van der Waals surface area contributed by atoms with E-state index in [0.717, 1.165) is 30.8 Å². The predicted octanol–water partition coefficient (Wildman–Crippen LogP) is 2.52. The number of benzene rings is 1. The number of β-amino-alcohol motifs (C(OH)–C–C–N with tert-alkyl or cyclic N) is 1. The summed E-state index contributed by atoms with van der Waals surface area (Å²) in [6.07, 6.45) is 0.668. The van der Waals surface area contributed by atoms with Gasteiger partial charge in [-0.2, -0.15) is 11.8 Å². The van der Waals surface area contributed by atoms with Crippen molar-refractivity contribution in [3.05, 3.63) is 29.8 Å². The fourth-order valence-electron chi connectivity index (χ4n) is 2.40. The van der Waals surface area contributed by atoms with Crippen LogP contribution >= 0.6 is 11.8 Å². The van der Waals surface area contributed by atoms with Crippen molar-refractivity contribution in [1.82, 2.24) is 4.90 Å². The Hall–Kier alpha value is -0.710. The molecule has 1 aromatic carbocycles. The lowest BCUT2D eigenvalue weighted by molar-refractivity contribution is 0.116. The fourth-order valence-corrected chi connectivity index (χ4v) is 3.54. The van der Waals surface area contributed by atoms with Crippen molar-refractivity contribution >= 4 is 17.4 Å². The van der Waals surface area contributed by atoms with Crippen LogP contribution in [0.2, 0.25) is 0 Å². The lowest BCUT2D eigenvalue weighted by Crippen LogP contribution is -2.31. The van der Waals surface area contributed by atoms with Gasteiger partial charge in [0.15, 0.2) is 0 Å². The molecular weight excluding hydrogens is 256 g/mol. The van der Waals surface area contributed by atoms with Gasteiger partial charge in [-0.3, -0.25) is 4.90 Å². The van der Waals surface area contributed by atoms with E-state index in [-0.39, 0.29) is 0 Å². The second kappa shape index (κ2) is 6.16. The first-order chi connectivity index (χ1) is 8.98. The van der Waals surface area contributed by atoms with Gasteiger partial charge in [0, 0.05) is 34.8 Å². The molecule has 1 aliphatic rings. The highest BCUT2D eigenvalue weighted by Crippen LogP contribution is 2.31. The molecule has 4 heteroatoms. The molecule has 0 bridgehead atoms. The Balaban J connectivity index is 1.96. The van der Waals surface area contributed by atoms with Crippen LogP contribution in [0.25, 0.3) is 0 Å². The number of rotatable bonds is 3. The molecule has 1 atom stereocenters. The molecule has 19 heavy (non-hydrogen) atoms. The SMILES string of the molecule is CC1(C)CCN(CC(O)c2ccccc2N)CCS1. The van der Waals surface area contributed by atoms with Crippen LogP contribution in [0.3, 0.4) is 0 Å². The number of aliphatic hydroxyl groups is 1. The minimum absolute atomic E-state index is 0.353. The zero-order chi connectivity index (χ0) is 13.9. The van der Waals surface area contributed by atoms with E-state index in [4.69, 9.17) is 5.73 Å². The van der Waals surface area contributed by atoms with Crippen molar-refractivity contribution in [2.24, 2.45) is 0 Å².